The van der Waals surface area contributed by atoms with Gasteiger partial charge in [-0.3, -0.25) is 4.99 Å². The van der Waals surface area contributed by atoms with Gasteiger partial charge in [-0.15, -0.1) is 0 Å². The van der Waals surface area contributed by atoms with Crippen molar-refractivity contribution in [2.75, 3.05) is 0 Å². The molecule has 0 N–H and O–H groups in total. The minimum absolute atomic E-state index is 0.903. The van der Waals surface area contributed by atoms with Crippen LogP contribution in [0.15, 0.2) is 60.5 Å². The van der Waals surface area contributed by atoms with Crippen LogP contribution in [0, 0.1) is 13.8 Å². The largest absolute Gasteiger partial charge is 0.264 e. The van der Waals surface area contributed by atoms with Gasteiger partial charge in [0.1, 0.15) is 6.33 Å². The Kier molecular flexibility index (Phi) is 17.2. The molecule has 3 heteroatoms. The molecule has 0 unspecified atom stereocenters. The summed E-state index contributed by atoms with van der Waals surface area (Å²) < 4.78 is 0. The van der Waals surface area contributed by atoms with Gasteiger partial charge in [0.05, 0.1) is 11.2 Å². The lowest BCUT2D eigenvalue weighted by Gasteiger charge is -1.99. The number of aryl methyl sites for hydroxylation is 2. The zero-order valence-electron chi connectivity index (χ0n) is 19.0. The summed E-state index contributed by atoms with van der Waals surface area (Å²) in [5, 5.41) is 1.10. The van der Waals surface area contributed by atoms with Crippen LogP contribution in [-0.2, 0) is 0 Å². The minimum atomic E-state index is 0.903. The molecule has 0 aliphatic carbocycles. The Hall–Kier alpha value is -2.81. The average Bonchev–Trinajstić information content (AvgIpc) is 2.78. The maximum absolute atomic E-state index is 4.11. The average molecular weight is 380 g/mol. The number of benzene rings is 2. The fourth-order valence-electron chi connectivity index (χ4n) is 2.07. The van der Waals surface area contributed by atoms with E-state index in [1.165, 1.54) is 11.1 Å². The third-order valence-corrected chi connectivity index (χ3v) is 3.24. The number of hydrogen-bond donors (Lipinski definition) is 0. The molecule has 152 valence electrons. The number of hydrogen-bond acceptors (Lipinski definition) is 3. The maximum Gasteiger partial charge on any atom is 0.116 e. The molecule has 0 saturated carbocycles. The van der Waals surface area contributed by atoms with Gasteiger partial charge < -0.3 is 0 Å². The van der Waals surface area contributed by atoms with Gasteiger partial charge in [0.25, 0.3) is 0 Å². The van der Waals surface area contributed by atoms with E-state index in [0.717, 1.165) is 22.2 Å². The number of fused-ring (bicyclic) bond motifs is 1. The lowest BCUT2D eigenvalue weighted by atomic mass is 10.1. The lowest BCUT2D eigenvalue weighted by Crippen LogP contribution is -1.80. The summed E-state index contributed by atoms with van der Waals surface area (Å²) in [7, 11) is 0. The van der Waals surface area contributed by atoms with Crippen molar-refractivity contribution in [2.45, 2.75) is 55.4 Å². The molecule has 0 bridgehead atoms. The van der Waals surface area contributed by atoms with Crippen LogP contribution in [0.4, 0.5) is 5.69 Å². The van der Waals surface area contributed by atoms with Crippen molar-refractivity contribution in [3.05, 3.63) is 72.2 Å². The quantitative estimate of drug-likeness (QED) is 0.423. The molecule has 0 amide bonds. The molecule has 0 saturated heterocycles. The van der Waals surface area contributed by atoms with E-state index in [1.54, 1.807) is 12.4 Å². The van der Waals surface area contributed by atoms with E-state index >= 15 is 0 Å². The molecule has 28 heavy (non-hydrogen) atoms. The Morgan fingerprint density at radius 1 is 0.857 bits per heavy atom. The van der Waals surface area contributed by atoms with Gasteiger partial charge in [-0.2, -0.15) is 0 Å². The fourth-order valence-corrected chi connectivity index (χ4v) is 2.07. The van der Waals surface area contributed by atoms with E-state index < -0.39 is 0 Å². The van der Waals surface area contributed by atoms with Gasteiger partial charge >= 0.3 is 0 Å². The number of aliphatic imine (C=N–C) groups is 1. The van der Waals surface area contributed by atoms with Crippen LogP contribution >= 0.6 is 0 Å². The molecule has 0 aliphatic rings. The molecular weight excluding hydrogens is 342 g/mol. The van der Waals surface area contributed by atoms with Crippen molar-refractivity contribution >= 4 is 29.4 Å². The van der Waals surface area contributed by atoms with Crippen molar-refractivity contribution in [3.8, 4) is 0 Å². The second-order valence-electron chi connectivity index (χ2n) is 5.01. The van der Waals surface area contributed by atoms with E-state index in [1.807, 2.05) is 78.9 Å². The van der Waals surface area contributed by atoms with Gasteiger partial charge in [-0.25, -0.2) is 9.97 Å². The molecule has 0 radical (unpaired) electrons. The molecule has 0 aliphatic heterocycles. The number of nitrogens with zero attached hydrogens (tertiary/aromatic N) is 3. The second-order valence-corrected chi connectivity index (χ2v) is 5.01. The van der Waals surface area contributed by atoms with E-state index in [9.17, 15) is 0 Å². The first kappa shape index (κ1) is 27.4. The highest BCUT2D eigenvalue weighted by molar-refractivity contribution is 5.77. The highest BCUT2D eigenvalue weighted by Crippen LogP contribution is 2.20. The zero-order valence-corrected chi connectivity index (χ0v) is 19.0. The lowest BCUT2D eigenvalue weighted by molar-refractivity contribution is 1.22. The Morgan fingerprint density at radius 3 is 2.00 bits per heavy atom. The van der Waals surface area contributed by atoms with Crippen LogP contribution in [0.25, 0.3) is 17.0 Å². The molecule has 1 heterocycles. The molecule has 0 atom stereocenters. The van der Waals surface area contributed by atoms with Crippen LogP contribution in [0.1, 0.15) is 58.2 Å². The van der Waals surface area contributed by atoms with Crippen molar-refractivity contribution in [3.63, 3.8) is 0 Å². The Balaban J connectivity index is 0. The van der Waals surface area contributed by atoms with E-state index in [-0.39, 0.29) is 0 Å². The standard InChI is InChI=1S/C10H11N.C9H8N2.3C2H6/c1-4-9-6-5-8(2)7-10(9)11-3;1-7-2-3-9-8(4-7)5-10-6-11-9;3*1-2/h4-7H,1,3H2,2H3;2-6H,1H3;3*1-2H3. The second kappa shape index (κ2) is 17.6. The molecular formula is C25H37N3. The summed E-state index contributed by atoms with van der Waals surface area (Å²) in [4.78, 5) is 11.9. The van der Waals surface area contributed by atoms with Gasteiger partial charge in [0, 0.05) is 11.6 Å². The molecule has 2 aromatic carbocycles. The normalized spacial score (nSPS) is 8.29. The van der Waals surface area contributed by atoms with Crippen molar-refractivity contribution < 1.29 is 0 Å². The monoisotopic (exact) mass is 379 g/mol. The Labute approximate surface area is 172 Å². The summed E-state index contributed by atoms with van der Waals surface area (Å²) in [6.07, 6.45) is 5.18. The number of rotatable bonds is 2. The van der Waals surface area contributed by atoms with E-state index in [2.05, 4.69) is 47.3 Å². The maximum atomic E-state index is 4.11. The Bertz CT molecular complexity index is 808. The predicted octanol–water partition coefficient (Wildman–Crippen LogP) is 7.99. The van der Waals surface area contributed by atoms with Crippen molar-refractivity contribution in [1.82, 2.24) is 9.97 Å². The molecule has 0 spiro atoms. The van der Waals surface area contributed by atoms with Crippen molar-refractivity contribution in [1.29, 1.82) is 0 Å². The topological polar surface area (TPSA) is 38.1 Å². The molecule has 0 fully saturated rings. The van der Waals surface area contributed by atoms with Crippen LogP contribution < -0.4 is 0 Å². The molecule has 3 rings (SSSR count). The first-order valence-electron chi connectivity index (χ1n) is 10.00. The van der Waals surface area contributed by atoms with Gasteiger partial charge in [0.2, 0.25) is 0 Å². The Morgan fingerprint density at radius 2 is 1.43 bits per heavy atom. The first-order chi connectivity index (χ1) is 13.6. The SMILES string of the molecule is C=Cc1ccc(C)cc1N=C.CC.CC.CC.Cc1ccc2ncncc2c1. The summed E-state index contributed by atoms with van der Waals surface area (Å²) in [6, 6.07) is 12.2. The highest BCUT2D eigenvalue weighted by Gasteiger charge is 1.95. The third kappa shape index (κ3) is 9.77. The van der Waals surface area contributed by atoms with Gasteiger partial charge in [-0.05, 0) is 49.9 Å². The molecule has 3 aromatic rings. The minimum Gasteiger partial charge on any atom is -0.264 e. The van der Waals surface area contributed by atoms with Gasteiger partial charge in [0.15, 0.2) is 0 Å². The van der Waals surface area contributed by atoms with Crippen LogP contribution in [0.2, 0.25) is 0 Å². The summed E-state index contributed by atoms with van der Waals surface area (Å²) >= 11 is 0. The summed E-state index contributed by atoms with van der Waals surface area (Å²) in [5.41, 5.74) is 5.38. The van der Waals surface area contributed by atoms with Gasteiger partial charge in [-0.1, -0.05) is 78.0 Å². The van der Waals surface area contributed by atoms with Crippen LogP contribution in [0.3, 0.4) is 0 Å². The molecule has 3 nitrogen and oxygen atoms in total. The highest BCUT2D eigenvalue weighted by atomic mass is 14.8. The predicted molar refractivity (Wildman–Crippen MR) is 129 cm³/mol. The van der Waals surface area contributed by atoms with Crippen LogP contribution in [0.5, 0.6) is 0 Å². The van der Waals surface area contributed by atoms with E-state index in [4.69, 9.17) is 0 Å². The summed E-state index contributed by atoms with van der Waals surface area (Å²) in [5.74, 6) is 0. The fraction of sp³-hybridized carbons (Fsp3) is 0.320. The molecule has 1 aromatic heterocycles. The first-order valence-corrected chi connectivity index (χ1v) is 10.00. The zero-order chi connectivity index (χ0) is 21.9. The smallest absolute Gasteiger partial charge is 0.116 e. The van der Waals surface area contributed by atoms with Crippen molar-refractivity contribution in [2.24, 2.45) is 4.99 Å². The summed E-state index contributed by atoms with van der Waals surface area (Å²) in [6.45, 7) is 23.3. The third-order valence-electron chi connectivity index (χ3n) is 3.24. The van der Waals surface area contributed by atoms with E-state index in [0.29, 0.717) is 0 Å². The number of aromatic nitrogens is 2. The van der Waals surface area contributed by atoms with Crippen LogP contribution in [-0.4, -0.2) is 16.7 Å².